The second-order valence-corrected chi connectivity index (χ2v) is 6.13. The summed E-state index contributed by atoms with van der Waals surface area (Å²) in [7, 11) is -3.06. The summed E-state index contributed by atoms with van der Waals surface area (Å²) >= 11 is 0. The second-order valence-electron chi connectivity index (χ2n) is 4.04. The van der Waals surface area contributed by atoms with Gasteiger partial charge in [0, 0.05) is 19.0 Å². The normalized spacial score (nSPS) is 20.3. The fraction of sp³-hybridized carbons (Fsp3) is 0.900. The average molecular weight is 233 g/mol. The third kappa shape index (κ3) is 3.57. The van der Waals surface area contributed by atoms with Gasteiger partial charge in [0.15, 0.2) is 0 Å². The summed E-state index contributed by atoms with van der Waals surface area (Å²) in [6, 6.07) is 0. The molecule has 88 valence electrons. The first-order valence-corrected chi connectivity index (χ1v) is 7.14. The number of unbranched alkanes of at least 4 members (excludes halogenated alkanes) is 1. The maximum atomic E-state index is 11.8. The molecule has 0 N–H and O–H groups in total. The molecular weight excluding hydrogens is 214 g/mol. The smallest absolute Gasteiger partial charge is 0.214 e. The van der Waals surface area contributed by atoms with Crippen molar-refractivity contribution in [3.8, 4) is 0 Å². The standard InChI is InChI=1S/C10H19NO3S/c1-2-3-8-15(13,14)11-6-4-10(9-12)5-7-11/h9-10H,2-8H2,1H3. The van der Waals surface area contributed by atoms with Gasteiger partial charge in [-0.25, -0.2) is 12.7 Å². The van der Waals surface area contributed by atoms with Crippen molar-refractivity contribution in [3.05, 3.63) is 0 Å². The lowest BCUT2D eigenvalue weighted by molar-refractivity contribution is -0.112. The number of sulfonamides is 1. The van der Waals surface area contributed by atoms with E-state index in [0.717, 1.165) is 19.1 Å². The van der Waals surface area contributed by atoms with Gasteiger partial charge in [0.1, 0.15) is 6.29 Å². The third-order valence-corrected chi connectivity index (χ3v) is 4.80. The Morgan fingerprint density at radius 2 is 1.93 bits per heavy atom. The van der Waals surface area contributed by atoms with Crippen LogP contribution in [0, 0.1) is 5.92 Å². The molecule has 0 saturated carbocycles. The molecule has 1 heterocycles. The molecule has 1 saturated heterocycles. The Bertz CT molecular complexity index is 292. The average Bonchev–Trinajstić information content (AvgIpc) is 2.26. The van der Waals surface area contributed by atoms with E-state index in [-0.39, 0.29) is 11.7 Å². The Morgan fingerprint density at radius 1 is 1.33 bits per heavy atom. The molecule has 1 aliphatic heterocycles. The van der Waals surface area contributed by atoms with Gasteiger partial charge < -0.3 is 4.79 Å². The first-order valence-electron chi connectivity index (χ1n) is 5.53. The van der Waals surface area contributed by atoms with Gasteiger partial charge in [-0.05, 0) is 19.3 Å². The molecule has 0 unspecified atom stereocenters. The summed E-state index contributed by atoms with van der Waals surface area (Å²) in [4.78, 5) is 10.5. The van der Waals surface area contributed by atoms with Gasteiger partial charge >= 0.3 is 0 Å². The number of hydrogen-bond donors (Lipinski definition) is 0. The number of nitrogens with zero attached hydrogens (tertiary/aromatic N) is 1. The van der Waals surface area contributed by atoms with Crippen LogP contribution in [0.4, 0.5) is 0 Å². The quantitative estimate of drug-likeness (QED) is 0.666. The van der Waals surface area contributed by atoms with E-state index in [1.165, 1.54) is 4.31 Å². The second kappa shape index (κ2) is 5.61. The highest BCUT2D eigenvalue weighted by molar-refractivity contribution is 7.89. The van der Waals surface area contributed by atoms with E-state index in [0.29, 0.717) is 25.9 Å². The number of hydrogen-bond acceptors (Lipinski definition) is 3. The molecule has 1 aliphatic rings. The maximum absolute atomic E-state index is 11.8. The van der Waals surface area contributed by atoms with Crippen LogP contribution in [0.5, 0.6) is 0 Å². The van der Waals surface area contributed by atoms with Crippen LogP contribution in [0.2, 0.25) is 0 Å². The first-order chi connectivity index (χ1) is 7.10. The van der Waals surface area contributed by atoms with Crippen LogP contribution in [0.1, 0.15) is 32.6 Å². The van der Waals surface area contributed by atoms with Crippen molar-refractivity contribution >= 4 is 16.3 Å². The topological polar surface area (TPSA) is 54.5 Å². The lowest BCUT2D eigenvalue weighted by atomic mass is 10.0. The van der Waals surface area contributed by atoms with Gasteiger partial charge in [0.2, 0.25) is 10.0 Å². The molecule has 0 radical (unpaired) electrons. The van der Waals surface area contributed by atoms with Gasteiger partial charge in [0.25, 0.3) is 0 Å². The van der Waals surface area contributed by atoms with Gasteiger partial charge in [0.05, 0.1) is 5.75 Å². The van der Waals surface area contributed by atoms with Crippen LogP contribution < -0.4 is 0 Å². The molecule has 1 fully saturated rings. The summed E-state index contributed by atoms with van der Waals surface area (Å²) in [5.74, 6) is 0.303. The molecule has 4 nitrogen and oxygen atoms in total. The molecule has 0 atom stereocenters. The summed E-state index contributed by atoms with van der Waals surface area (Å²) < 4.78 is 25.1. The van der Waals surface area contributed by atoms with Crippen molar-refractivity contribution in [1.29, 1.82) is 0 Å². The molecule has 0 amide bonds. The van der Waals surface area contributed by atoms with Crippen molar-refractivity contribution < 1.29 is 13.2 Å². The molecule has 0 aromatic heterocycles. The van der Waals surface area contributed by atoms with E-state index in [2.05, 4.69) is 0 Å². The Kier molecular flexibility index (Phi) is 4.73. The molecule has 15 heavy (non-hydrogen) atoms. The fourth-order valence-electron chi connectivity index (χ4n) is 1.75. The zero-order chi connectivity index (χ0) is 11.3. The highest BCUT2D eigenvalue weighted by Gasteiger charge is 2.26. The number of carbonyl (C=O) groups excluding carboxylic acids is 1. The zero-order valence-electron chi connectivity index (χ0n) is 9.18. The minimum absolute atomic E-state index is 0.0580. The van der Waals surface area contributed by atoms with E-state index in [4.69, 9.17) is 0 Å². The zero-order valence-corrected chi connectivity index (χ0v) is 10.0. The summed E-state index contributed by atoms with van der Waals surface area (Å²) in [6.45, 7) is 3.00. The van der Waals surface area contributed by atoms with Gasteiger partial charge in [-0.1, -0.05) is 13.3 Å². The number of aldehydes is 1. The van der Waals surface area contributed by atoms with Gasteiger partial charge in [-0.15, -0.1) is 0 Å². The largest absolute Gasteiger partial charge is 0.303 e. The molecular formula is C10H19NO3S. The van der Waals surface area contributed by atoms with E-state index in [1.807, 2.05) is 6.92 Å². The number of rotatable bonds is 5. The Hall–Kier alpha value is -0.420. The number of carbonyl (C=O) groups is 1. The van der Waals surface area contributed by atoms with E-state index >= 15 is 0 Å². The lowest BCUT2D eigenvalue weighted by Crippen LogP contribution is -2.39. The summed E-state index contributed by atoms with van der Waals surface area (Å²) in [5.41, 5.74) is 0. The van der Waals surface area contributed by atoms with Gasteiger partial charge in [-0.2, -0.15) is 0 Å². The van der Waals surface area contributed by atoms with Crippen LogP contribution in [-0.4, -0.2) is 37.9 Å². The molecule has 1 rings (SSSR count). The SMILES string of the molecule is CCCCS(=O)(=O)N1CCC(C=O)CC1. The Labute approximate surface area is 91.7 Å². The minimum Gasteiger partial charge on any atom is -0.303 e. The van der Waals surface area contributed by atoms with Gasteiger partial charge in [-0.3, -0.25) is 0 Å². The van der Waals surface area contributed by atoms with Crippen LogP contribution in [-0.2, 0) is 14.8 Å². The summed E-state index contributed by atoms with van der Waals surface area (Å²) in [6.07, 6.45) is 3.90. The van der Waals surface area contributed by atoms with Crippen LogP contribution >= 0.6 is 0 Å². The highest BCUT2D eigenvalue weighted by atomic mass is 32.2. The Balaban J connectivity index is 2.48. The molecule has 0 bridgehead atoms. The maximum Gasteiger partial charge on any atom is 0.214 e. The van der Waals surface area contributed by atoms with Crippen LogP contribution in [0.25, 0.3) is 0 Å². The molecule has 0 aliphatic carbocycles. The van der Waals surface area contributed by atoms with Crippen molar-refractivity contribution in [2.45, 2.75) is 32.6 Å². The number of piperidine rings is 1. The third-order valence-electron chi connectivity index (χ3n) is 2.84. The predicted molar refractivity (Wildman–Crippen MR) is 59.1 cm³/mol. The lowest BCUT2D eigenvalue weighted by Gasteiger charge is -2.28. The Morgan fingerprint density at radius 3 is 2.40 bits per heavy atom. The van der Waals surface area contributed by atoms with E-state index in [9.17, 15) is 13.2 Å². The predicted octanol–water partition coefficient (Wildman–Crippen LogP) is 1.03. The highest BCUT2D eigenvalue weighted by Crippen LogP contribution is 2.18. The first kappa shape index (κ1) is 12.6. The van der Waals surface area contributed by atoms with E-state index < -0.39 is 10.0 Å². The summed E-state index contributed by atoms with van der Waals surface area (Å²) in [5, 5.41) is 0. The molecule has 0 aromatic carbocycles. The van der Waals surface area contributed by atoms with E-state index in [1.54, 1.807) is 0 Å². The van der Waals surface area contributed by atoms with Crippen molar-refractivity contribution in [3.63, 3.8) is 0 Å². The van der Waals surface area contributed by atoms with Crippen molar-refractivity contribution in [2.75, 3.05) is 18.8 Å². The van der Waals surface area contributed by atoms with Crippen molar-refractivity contribution in [1.82, 2.24) is 4.31 Å². The molecule has 0 spiro atoms. The monoisotopic (exact) mass is 233 g/mol. The molecule has 0 aromatic rings. The van der Waals surface area contributed by atoms with Crippen LogP contribution in [0.3, 0.4) is 0 Å². The molecule has 5 heteroatoms. The minimum atomic E-state index is -3.06. The fourth-order valence-corrected chi connectivity index (χ4v) is 3.42. The van der Waals surface area contributed by atoms with Crippen LogP contribution in [0.15, 0.2) is 0 Å². The van der Waals surface area contributed by atoms with Crippen molar-refractivity contribution in [2.24, 2.45) is 5.92 Å².